The summed E-state index contributed by atoms with van der Waals surface area (Å²) >= 11 is 0. The lowest BCUT2D eigenvalue weighted by Gasteiger charge is -2.27. The van der Waals surface area contributed by atoms with Gasteiger partial charge in [-0.1, -0.05) is 18.2 Å². The van der Waals surface area contributed by atoms with Gasteiger partial charge in [0.05, 0.1) is 30.7 Å². The van der Waals surface area contributed by atoms with E-state index < -0.39 is 5.97 Å². The number of ether oxygens (including phenoxy) is 1. The molecule has 7 nitrogen and oxygen atoms in total. The Morgan fingerprint density at radius 1 is 1.00 bits per heavy atom. The lowest BCUT2D eigenvalue weighted by atomic mass is 9.97. The number of pyridine rings is 1. The number of hydrogen-bond acceptors (Lipinski definition) is 5. The van der Waals surface area contributed by atoms with Crippen LogP contribution in [-0.2, 0) is 4.74 Å². The number of carboxylic acid groups (broad SMARTS) is 1. The third kappa shape index (κ3) is 4.73. The Morgan fingerprint density at radius 3 is 2.35 bits per heavy atom. The number of morpholine rings is 1. The molecule has 0 atom stereocenters. The molecule has 2 N–H and O–H groups in total. The predicted molar refractivity (Wildman–Crippen MR) is 119 cm³/mol. The maximum Gasteiger partial charge on any atom is 0.335 e. The molecule has 0 saturated carbocycles. The zero-order valence-electron chi connectivity index (χ0n) is 17.2. The monoisotopic (exact) mass is 417 g/mol. The van der Waals surface area contributed by atoms with E-state index in [1.165, 1.54) is 0 Å². The zero-order chi connectivity index (χ0) is 21.8. The number of nitrogens with zero attached hydrogens (tertiary/aromatic N) is 2. The van der Waals surface area contributed by atoms with Crippen LogP contribution in [0.4, 0.5) is 11.5 Å². The summed E-state index contributed by atoms with van der Waals surface area (Å²) in [6.45, 7) is 4.94. The van der Waals surface area contributed by atoms with Gasteiger partial charge in [-0.2, -0.15) is 0 Å². The molecule has 1 aliphatic rings. The summed E-state index contributed by atoms with van der Waals surface area (Å²) in [4.78, 5) is 30.5. The highest BCUT2D eigenvalue weighted by atomic mass is 16.5. The van der Waals surface area contributed by atoms with Crippen LogP contribution < -0.4 is 10.2 Å². The molecule has 31 heavy (non-hydrogen) atoms. The van der Waals surface area contributed by atoms with Crippen molar-refractivity contribution < 1.29 is 19.4 Å². The Kier molecular flexibility index (Phi) is 5.95. The first-order valence-corrected chi connectivity index (χ1v) is 10.1. The summed E-state index contributed by atoms with van der Waals surface area (Å²) in [6.07, 6.45) is 1.66. The SMILES string of the molecule is Cc1ccc(C(=O)Nc2ccc(N3CCOCC3)nc2)cc1-c1ccc(C(=O)O)cc1. The average Bonchev–Trinajstić information content (AvgIpc) is 2.80. The molecule has 1 saturated heterocycles. The van der Waals surface area contributed by atoms with E-state index in [4.69, 9.17) is 9.84 Å². The number of carboxylic acids is 1. The lowest BCUT2D eigenvalue weighted by Crippen LogP contribution is -2.36. The third-order valence-electron chi connectivity index (χ3n) is 5.28. The molecule has 0 unspecified atom stereocenters. The van der Waals surface area contributed by atoms with E-state index in [0.29, 0.717) is 24.5 Å². The molecule has 1 amide bonds. The summed E-state index contributed by atoms with van der Waals surface area (Å²) in [5, 5.41) is 12.0. The van der Waals surface area contributed by atoms with E-state index in [0.717, 1.165) is 35.6 Å². The number of amides is 1. The maximum absolute atomic E-state index is 12.8. The molecule has 0 aliphatic carbocycles. The van der Waals surface area contributed by atoms with Crippen LogP contribution in [0.1, 0.15) is 26.3 Å². The average molecular weight is 417 g/mol. The Bertz CT molecular complexity index is 1090. The van der Waals surface area contributed by atoms with Gasteiger partial charge in [-0.25, -0.2) is 9.78 Å². The van der Waals surface area contributed by atoms with E-state index in [-0.39, 0.29) is 11.5 Å². The van der Waals surface area contributed by atoms with Gasteiger partial charge in [0, 0.05) is 18.7 Å². The standard InChI is InChI=1S/C24H23N3O4/c1-16-2-3-19(14-21(16)17-4-6-18(7-5-17)24(29)30)23(28)26-20-8-9-22(25-15-20)27-10-12-31-13-11-27/h2-9,14-15H,10-13H2,1H3,(H,26,28)(H,29,30). The predicted octanol–water partition coefficient (Wildman–Crippen LogP) is 3.84. The van der Waals surface area contributed by atoms with Crippen LogP contribution in [0, 0.1) is 6.92 Å². The Labute approximate surface area is 180 Å². The Morgan fingerprint density at radius 2 is 1.71 bits per heavy atom. The maximum atomic E-state index is 12.8. The van der Waals surface area contributed by atoms with Gasteiger partial charge in [-0.15, -0.1) is 0 Å². The van der Waals surface area contributed by atoms with Crippen LogP contribution >= 0.6 is 0 Å². The minimum Gasteiger partial charge on any atom is -0.478 e. The number of nitrogens with one attached hydrogen (secondary N) is 1. The number of benzene rings is 2. The molecule has 158 valence electrons. The third-order valence-corrected chi connectivity index (χ3v) is 5.28. The smallest absolute Gasteiger partial charge is 0.335 e. The summed E-state index contributed by atoms with van der Waals surface area (Å²) < 4.78 is 5.36. The molecular weight excluding hydrogens is 394 g/mol. The second-order valence-corrected chi connectivity index (χ2v) is 7.37. The second-order valence-electron chi connectivity index (χ2n) is 7.37. The molecule has 2 heterocycles. The van der Waals surface area contributed by atoms with Gasteiger partial charge in [0.2, 0.25) is 0 Å². The zero-order valence-corrected chi connectivity index (χ0v) is 17.2. The van der Waals surface area contributed by atoms with Gasteiger partial charge in [0.25, 0.3) is 5.91 Å². The molecule has 1 fully saturated rings. The van der Waals surface area contributed by atoms with Crippen molar-refractivity contribution in [2.75, 3.05) is 36.5 Å². The summed E-state index contributed by atoms with van der Waals surface area (Å²) in [7, 11) is 0. The number of aromatic carboxylic acids is 1. The molecule has 0 radical (unpaired) electrons. The van der Waals surface area contributed by atoms with Gasteiger partial charge >= 0.3 is 5.97 Å². The number of carbonyl (C=O) groups is 2. The number of anilines is 2. The molecule has 4 rings (SSSR count). The summed E-state index contributed by atoms with van der Waals surface area (Å²) in [6, 6.07) is 15.8. The second kappa shape index (κ2) is 8.97. The summed E-state index contributed by atoms with van der Waals surface area (Å²) in [5.41, 5.74) is 4.09. The number of aromatic nitrogens is 1. The van der Waals surface area contributed by atoms with Crippen LogP contribution in [0.25, 0.3) is 11.1 Å². The summed E-state index contributed by atoms with van der Waals surface area (Å²) in [5.74, 6) is -0.335. The van der Waals surface area contributed by atoms with E-state index in [1.807, 2.05) is 31.2 Å². The van der Waals surface area contributed by atoms with Crippen LogP contribution in [-0.4, -0.2) is 48.3 Å². The van der Waals surface area contributed by atoms with Gasteiger partial charge < -0.3 is 20.1 Å². The van der Waals surface area contributed by atoms with Crippen LogP contribution in [0.2, 0.25) is 0 Å². The van der Waals surface area contributed by atoms with Crippen LogP contribution in [0.15, 0.2) is 60.8 Å². The fourth-order valence-corrected chi connectivity index (χ4v) is 3.51. The molecule has 2 aromatic carbocycles. The molecule has 1 aliphatic heterocycles. The first kappa shape index (κ1) is 20.6. The fourth-order valence-electron chi connectivity index (χ4n) is 3.51. The Balaban J connectivity index is 1.49. The van der Waals surface area contributed by atoms with Crippen LogP contribution in [0.5, 0.6) is 0 Å². The normalized spacial score (nSPS) is 13.6. The van der Waals surface area contributed by atoms with Crippen molar-refractivity contribution in [3.05, 3.63) is 77.5 Å². The van der Waals surface area contributed by atoms with E-state index in [2.05, 4.69) is 15.2 Å². The number of rotatable bonds is 5. The molecule has 3 aromatic rings. The molecule has 7 heteroatoms. The topological polar surface area (TPSA) is 91.8 Å². The first-order chi connectivity index (χ1) is 15.0. The molecule has 0 bridgehead atoms. The quantitative estimate of drug-likeness (QED) is 0.655. The van der Waals surface area contributed by atoms with E-state index in [9.17, 15) is 9.59 Å². The number of carbonyl (C=O) groups excluding carboxylic acids is 1. The van der Waals surface area contributed by atoms with Crippen molar-refractivity contribution in [2.45, 2.75) is 6.92 Å². The molecule has 0 spiro atoms. The minimum absolute atomic E-state index is 0.225. The van der Waals surface area contributed by atoms with E-state index >= 15 is 0 Å². The van der Waals surface area contributed by atoms with Gasteiger partial charge in [-0.3, -0.25) is 4.79 Å². The van der Waals surface area contributed by atoms with Crippen molar-refractivity contribution in [1.29, 1.82) is 0 Å². The van der Waals surface area contributed by atoms with Crippen molar-refractivity contribution >= 4 is 23.4 Å². The molecule has 1 aromatic heterocycles. The largest absolute Gasteiger partial charge is 0.478 e. The minimum atomic E-state index is -0.968. The lowest BCUT2D eigenvalue weighted by molar-refractivity contribution is 0.0696. The number of hydrogen-bond donors (Lipinski definition) is 2. The number of aryl methyl sites for hydroxylation is 1. The Hall–Kier alpha value is -3.71. The first-order valence-electron chi connectivity index (χ1n) is 10.1. The van der Waals surface area contributed by atoms with E-state index in [1.54, 1.807) is 36.5 Å². The van der Waals surface area contributed by atoms with Crippen molar-refractivity contribution in [3.63, 3.8) is 0 Å². The van der Waals surface area contributed by atoms with Crippen molar-refractivity contribution in [3.8, 4) is 11.1 Å². The highest BCUT2D eigenvalue weighted by Crippen LogP contribution is 2.26. The van der Waals surface area contributed by atoms with Crippen molar-refractivity contribution in [1.82, 2.24) is 4.98 Å². The fraction of sp³-hybridized carbons (Fsp3) is 0.208. The highest BCUT2D eigenvalue weighted by Gasteiger charge is 2.14. The molecular formula is C24H23N3O4. The van der Waals surface area contributed by atoms with Gasteiger partial charge in [0.1, 0.15) is 5.82 Å². The van der Waals surface area contributed by atoms with Crippen LogP contribution in [0.3, 0.4) is 0 Å². The van der Waals surface area contributed by atoms with Gasteiger partial charge in [0.15, 0.2) is 0 Å². The highest BCUT2D eigenvalue weighted by molar-refractivity contribution is 6.05. The van der Waals surface area contributed by atoms with Gasteiger partial charge in [-0.05, 0) is 60.0 Å². The van der Waals surface area contributed by atoms with Crippen molar-refractivity contribution in [2.24, 2.45) is 0 Å².